The van der Waals surface area contributed by atoms with Crippen molar-refractivity contribution < 1.29 is 9.59 Å². The van der Waals surface area contributed by atoms with Gasteiger partial charge in [0.25, 0.3) is 0 Å². The number of hydrogen-bond donors (Lipinski definition) is 0. The number of nitrogens with zero attached hydrogens (tertiary/aromatic N) is 1. The number of rotatable bonds is 1. The highest BCUT2D eigenvalue weighted by Gasteiger charge is 2.57. The predicted octanol–water partition coefficient (Wildman–Crippen LogP) is 2.99. The molecule has 4 heteroatoms. The number of anilines is 1. The van der Waals surface area contributed by atoms with Crippen LogP contribution in [0.4, 0.5) is 5.69 Å². The summed E-state index contributed by atoms with van der Waals surface area (Å²) in [4.78, 5) is 27.0. The average molecular weight is 379 g/mol. The summed E-state index contributed by atoms with van der Waals surface area (Å²) in [6.45, 7) is 0. The zero-order valence-electron chi connectivity index (χ0n) is 10.8. The molecule has 2 amide bonds. The van der Waals surface area contributed by atoms with E-state index >= 15 is 0 Å². The van der Waals surface area contributed by atoms with E-state index in [0.29, 0.717) is 0 Å². The number of imide groups is 1. The molecule has 1 saturated carbocycles. The summed E-state index contributed by atoms with van der Waals surface area (Å²) in [5.74, 6) is 0.275. The van der Waals surface area contributed by atoms with E-state index in [0.717, 1.165) is 22.1 Å². The Morgan fingerprint density at radius 1 is 0.950 bits per heavy atom. The lowest BCUT2D eigenvalue weighted by Crippen LogP contribution is -2.38. The Bertz CT molecular complexity index is 607. The Hall–Kier alpha value is -1.17. The van der Waals surface area contributed by atoms with Gasteiger partial charge < -0.3 is 0 Å². The van der Waals surface area contributed by atoms with Gasteiger partial charge in [0.2, 0.25) is 11.8 Å². The molecule has 4 atom stereocenters. The number of para-hydroxylation sites is 1. The van der Waals surface area contributed by atoms with Crippen LogP contribution < -0.4 is 4.90 Å². The van der Waals surface area contributed by atoms with Gasteiger partial charge in [-0.05, 0) is 59.4 Å². The average Bonchev–Trinajstić information content (AvgIpc) is 2.75. The molecule has 20 heavy (non-hydrogen) atoms. The first-order chi connectivity index (χ1) is 9.68. The third-order valence-electron chi connectivity index (χ3n) is 4.85. The molecule has 0 unspecified atom stereocenters. The molecule has 1 aromatic carbocycles. The molecule has 0 radical (unpaired) electrons. The van der Waals surface area contributed by atoms with E-state index in [1.54, 1.807) is 0 Å². The summed E-state index contributed by atoms with van der Waals surface area (Å²) < 4.78 is 0.950. The summed E-state index contributed by atoms with van der Waals surface area (Å²) in [7, 11) is 0. The van der Waals surface area contributed by atoms with Gasteiger partial charge in [0, 0.05) is 3.57 Å². The number of hydrogen-bond acceptors (Lipinski definition) is 2. The fraction of sp³-hybridized carbons (Fsp3) is 0.375. The van der Waals surface area contributed by atoms with Crippen molar-refractivity contribution in [2.75, 3.05) is 4.90 Å². The summed E-state index contributed by atoms with van der Waals surface area (Å²) in [6, 6.07) is 7.61. The van der Waals surface area contributed by atoms with E-state index in [1.807, 2.05) is 24.3 Å². The van der Waals surface area contributed by atoms with Crippen molar-refractivity contribution in [2.45, 2.75) is 12.8 Å². The first kappa shape index (κ1) is 12.6. The lowest BCUT2D eigenvalue weighted by molar-refractivity contribution is -0.124. The second-order valence-electron chi connectivity index (χ2n) is 5.80. The zero-order valence-corrected chi connectivity index (χ0v) is 13.0. The zero-order chi connectivity index (χ0) is 13.9. The highest BCUT2D eigenvalue weighted by Crippen LogP contribution is 2.50. The molecule has 5 rings (SSSR count). The smallest absolute Gasteiger partial charge is 0.238 e. The molecular weight excluding hydrogens is 365 g/mol. The molecule has 2 fully saturated rings. The quantitative estimate of drug-likeness (QED) is 0.428. The normalized spacial score (nSPS) is 34.8. The van der Waals surface area contributed by atoms with Crippen LogP contribution in [0.25, 0.3) is 0 Å². The van der Waals surface area contributed by atoms with Gasteiger partial charge in [-0.25, -0.2) is 4.90 Å². The van der Waals surface area contributed by atoms with Gasteiger partial charge in [-0.2, -0.15) is 0 Å². The molecule has 0 spiro atoms. The fourth-order valence-corrected chi connectivity index (χ4v) is 4.57. The van der Waals surface area contributed by atoms with E-state index in [9.17, 15) is 9.59 Å². The van der Waals surface area contributed by atoms with Crippen LogP contribution >= 0.6 is 22.6 Å². The van der Waals surface area contributed by atoms with Gasteiger partial charge in [-0.1, -0.05) is 24.3 Å². The summed E-state index contributed by atoms with van der Waals surface area (Å²) in [6.07, 6.45) is 6.39. The topological polar surface area (TPSA) is 37.4 Å². The SMILES string of the molecule is O=C1[C@@H]2[C@@H](C(=O)N1c1ccccc1I)[C@H]1C=C[C@@H]2CC1. The lowest BCUT2D eigenvalue weighted by atomic mass is 9.63. The summed E-state index contributed by atoms with van der Waals surface area (Å²) in [5.41, 5.74) is 0.747. The van der Waals surface area contributed by atoms with Crippen molar-refractivity contribution in [1.29, 1.82) is 0 Å². The van der Waals surface area contributed by atoms with Gasteiger partial charge >= 0.3 is 0 Å². The second-order valence-corrected chi connectivity index (χ2v) is 6.97. The van der Waals surface area contributed by atoms with Crippen LogP contribution in [0.3, 0.4) is 0 Å². The molecule has 102 valence electrons. The van der Waals surface area contributed by atoms with Gasteiger partial charge in [0.1, 0.15) is 0 Å². The van der Waals surface area contributed by atoms with Crippen molar-refractivity contribution in [1.82, 2.24) is 0 Å². The minimum absolute atomic E-state index is 0.00293. The fourth-order valence-electron chi connectivity index (χ4n) is 3.94. The van der Waals surface area contributed by atoms with Crippen molar-refractivity contribution >= 4 is 40.1 Å². The van der Waals surface area contributed by atoms with Crippen LogP contribution in [0.15, 0.2) is 36.4 Å². The molecule has 2 bridgehead atoms. The molecule has 1 aliphatic heterocycles. The lowest BCUT2D eigenvalue weighted by Gasteiger charge is -2.38. The highest BCUT2D eigenvalue weighted by molar-refractivity contribution is 14.1. The van der Waals surface area contributed by atoms with E-state index in [2.05, 4.69) is 34.7 Å². The number of fused-ring (bicyclic) bond motifs is 1. The van der Waals surface area contributed by atoms with E-state index in [4.69, 9.17) is 0 Å². The van der Waals surface area contributed by atoms with Crippen LogP contribution in [0.2, 0.25) is 0 Å². The van der Waals surface area contributed by atoms with E-state index in [-0.39, 0.29) is 35.5 Å². The third kappa shape index (κ3) is 1.57. The van der Waals surface area contributed by atoms with Gasteiger partial charge in [0.05, 0.1) is 17.5 Å². The van der Waals surface area contributed by atoms with Gasteiger partial charge in [-0.15, -0.1) is 0 Å². The number of allylic oxidation sites excluding steroid dienone is 2. The maximum Gasteiger partial charge on any atom is 0.238 e. The van der Waals surface area contributed by atoms with Gasteiger partial charge in [0.15, 0.2) is 0 Å². The molecule has 0 N–H and O–H groups in total. The predicted molar refractivity (Wildman–Crippen MR) is 84.0 cm³/mol. The minimum atomic E-state index is -0.123. The molecule has 4 aliphatic rings. The molecular formula is C16H14INO2. The Kier molecular flexibility index (Phi) is 2.77. The molecule has 0 aromatic heterocycles. The molecule has 1 heterocycles. The maximum absolute atomic E-state index is 12.8. The number of carbonyl (C=O) groups is 2. The first-order valence-corrected chi connectivity index (χ1v) is 8.07. The van der Waals surface area contributed by atoms with Crippen molar-refractivity contribution in [3.05, 3.63) is 40.0 Å². The minimum Gasteiger partial charge on any atom is -0.274 e. The molecule has 1 aromatic rings. The van der Waals surface area contributed by atoms with Crippen LogP contribution in [-0.4, -0.2) is 11.8 Å². The Balaban J connectivity index is 1.80. The van der Waals surface area contributed by atoms with E-state index < -0.39 is 0 Å². The Morgan fingerprint density at radius 3 is 2.00 bits per heavy atom. The van der Waals surface area contributed by atoms with Crippen LogP contribution in [0.1, 0.15) is 12.8 Å². The summed E-state index contributed by atoms with van der Waals surface area (Å²) in [5, 5.41) is 0. The molecule has 1 saturated heterocycles. The van der Waals surface area contributed by atoms with Crippen molar-refractivity contribution in [2.24, 2.45) is 23.7 Å². The Labute approximate surface area is 131 Å². The number of benzene rings is 1. The number of carbonyl (C=O) groups excluding carboxylic acids is 2. The number of amides is 2. The highest BCUT2D eigenvalue weighted by atomic mass is 127. The van der Waals surface area contributed by atoms with Crippen LogP contribution in [0, 0.1) is 27.2 Å². The third-order valence-corrected chi connectivity index (χ3v) is 5.76. The Morgan fingerprint density at radius 2 is 1.50 bits per heavy atom. The largest absolute Gasteiger partial charge is 0.274 e. The van der Waals surface area contributed by atoms with Crippen LogP contribution in [-0.2, 0) is 9.59 Å². The molecule has 3 aliphatic carbocycles. The van der Waals surface area contributed by atoms with Crippen molar-refractivity contribution in [3.8, 4) is 0 Å². The standard InChI is InChI=1S/C16H14INO2/c17-11-3-1-2-4-12(11)18-15(19)13-9-5-6-10(8-7-9)14(13)16(18)20/h1-6,9-10,13-14H,7-8H2/t9-,10+,13-,14-/m0/s1. The monoisotopic (exact) mass is 379 g/mol. The summed E-state index contributed by atoms with van der Waals surface area (Å²) >= 11 is 2.19. The van der Waals surface area contributed by atoms with Gasteiger partial charge in [-0.3, -0.25) is 9.59 Å². The van der Waals surface area contributed by atoms with E-state index in [1.165, 1.54) is 4.90 Å². The second kappa shape index (κ2) is 4.41. The van der Waals surface area contributed by atoms with Crippen molar-refractivity contribution in [3.63, 3.8) is 0 Å². The first-order valence-electron chi connectivity index (χ1n) is 6.99. The maximum atomic E-state index is 12.8. The van der Waals surface area contributed by atoms with Crippen LogP contribution in [0.5, 0.6) is 0 Å². The number of halogens is 1. The molecule has 3 nitrogen and oxygen atoms in total.